The van der Waals surface area contributed by atoms with Crippen LogP contribution in [0.5, 0.6) is 0 Å². The van der Waals surface area contributed by atoms with Gasteiger partial charge in [0.05, 0.1) is 23.9 Å². The SMILES string of the molecule is COC(=O)[C@@H]1C[C@H](OC)CN1Cc1csc(C)n1. The van der Waals surface area contributed by atoms with E-state index in [1.54, 1.807) is 18.4 Å². The summed E-state index contributed by atoms with van der Waals surface area (Å²) in [4.78, 5) is 18.3. The molecule has 0 amide bonds. The van der Waals surface area contributed by atoms with Crippen molar-refractivity contribution < 1.29 is 14.3 Å². The molecule has 0 bridgehead atoms. The molecule has 0 saturated carbocycles. The maximum Gasteiger partial charge on any atom is 0.323 e. The number of hydrogen-bond donors (Lipinski definition) is 0. The Labute approximate surface area is 111 Å². The lowest BCUT2D eigenvalue weighted by atomic mass is 10.2. The summed E-state index contributed by atoms with van der Waals surface area (Å²) < 4.78 is 10.2. The van der Waals surface area contributed by atoms with Gasteiger partial charge in [-0.3, -0.25) is 9.69 Å². The van der Waals surface area contributed by atoms with E-state index in [2.05, 4.69) is 9.88 Å². The van der Waals surface area contributed by atoms with Crippen LogP contribution in [0.25, 0.3) is 0 Å². The summed E-state index contributed by atoms with van der Waals surface area (Å²) in [5, 5.41) is 3.08. The number of esters is 1. The number of thiazole rings is 1. The third-order valence-corrected chi connectivity index (χ3v) is 4.03. The molecule has 0 radical (unpaired) electrons. The van der Waals surface area contributed by atoms with Crippen molar-refractivity contribution in [2.75, 3.05) is 20.8 Å². The van der Waals surface area contributed by atoms with Crippen molar-refractivity contribution in [2.24, 2.45) is 0 Å². The first kappa shape index (κ1) is 13.5. The third-order valence-electron chi connectivity index (χ3n) is 3.20. The monoisotopic (exact) mass is 270 g/mol. The van der Waals surface area contributed by atoms with E-state index in [1.165, 1.54) is 7.11 Å². The minimum absolute atomic E-state index is 0.0915. The normalized spacial score (nSPS) is 24.4. The van der Waals surface area contributed by atoms with Crippen molar-refractivity contribution in [3.05, 3.63) is 16.1 Å². The Kier molecular flexibility index (Phi) is 4.31. The Bertz CT molecular complexity index is 421. The van der Waals surface area contributed by atoms with Gasteiger partial charge in [-0.25, -0.2) is 4.98 Å². The van der Waals surface area contributed by atoms with Gasteiger partial charge in [0.15, 0.2) is 0 Å². The highest BCUT2D eigenvalue weighted by atomic mass is 32.1. The van der Waals surface area contributed by atoms with E-state index in [9.17, 15) is 4.79 Å². The van der Waals surface area contributed by atoms with Gasteiger partial charge in [0, 0.05) is 32.0 Å². The van der Waals surface area contributed by atoms with E-state index < -0.39 is 0 Å². The van der Waals surface area contributed by atoms with Crippen LogP contribution >= 0.6 is 11.3 Å². The third kappa shape index (κ3) is 2.88. The van der Waals surface area contributed by atoms with Crippen molar-refractivity contribution >= 4 is 17.3 Å². The summed E-state index contributed by atoms with van der Waals surface area (Å²) in [6, 6.07) is -0.220. The number of rotatable bonds is 4. The zero-order chi connectivity index (χ0) is 13.1. The average Bonchev–Trinajstić information content (AvgIpc) is 2.95. The number of carbonyl (C=O) groups excluding carboxylic acids is 1. The second-order valence-electron chi connectivity index (χ2n) is 4.42. The van der Waals surface area contributed by atoms with Gasteiger partial charge in [0.25, 0.3) is 0 Å². The Morgan fingerprint density at radius 1 is 1.61 bits per heavy atom. The molecule has 1 aliphatic heterocycles. The Hall–Kier alpha value is -0.980. The van der Waals surface area contributed by atoms with E-state index >= 15 is 0 Å². The van der Waals surface area contributed by atoms with Crippen LogP contribution in [-0.4, -0.2) is 48.8 Å². The maximum absolute atomic E-state index is 11.7. The fourth-order valence-corrected chi connectivity index (χ4v) is 2.88. The first-order chi connectivity index (χ1) is 8.63. The molecule has 0 N–H and O–H groups in total. The summed E-state index contributed by atoms with van der Waals surface area (Å²) in [6.45, 7) is 3.39. The van der Waals surface area contributed by atoms with Gasteiger partial charge in [0.1, 0.15) is 6.04 Å². The first-order valence-electron chi connectivity index (χ1n) is 5.89. The van der Waals surface area contributed by atoms with Crippen molar-refractivity contribution in [1.82, 2.24) is 9.88 Å². The molecular weight excluding hydrogens is 252 g/mol. The minimum Gasteiger partial charge on any atom is -0.468 e. The van der Waals surface area contributed by atoms with Gasteiger partial charge in [-0.2, -0.15) is 0 Å². The van der Waals surface area contributed by atoms with Crippen LogP contribution in [0.15, 0.2) is 5.38 Å². The van der Waals surface area contributed by atoms with Crippen molar-refractivity contribution in [2.45, 2.75) is 32.0 Å². The summed E-state index contributed by atoms with van der Waals surface area (Å²) in [5.41, 5.74) is 1.00. The lowest BCUT2D eigenvalue weighted by Gasteiger charge is -2.20. The largest absolute Gasteiger partial charge is 0.468 e. The predicted octanol–water partition coefficient (Wildman–Crippen LogP) is 1.21. The fraction of sp³-hybridized carbons (Fsp3) is 0.667. The lowest BCUT2D eigenvalue weighted by Crippen LogP contribution is -2.36. The molecule has 2 rings (SSSR count). The van der Waals surface area contributed by atoms with Crippen LogP contribution in [0.3, 0.4) is 0 Å². The van der Waals surface area contributed by atoms with Crippen LogP contribution in [0.2, 0.25) is 0 Å². The molecular formula is C12H18N2O3S. The number of nitrogens with zero attached hydrogens (tertiary/aromatic N) is 2. The van der Waals surface area contributed by atoms with Crippen molar-refractivity contribution in [1.29, 1.82) is 0 Å². The van der Waals surface area contributed by atoms with E-state index in [1.807, 2.05) is 12.3 Å². The van der Waals surface area contributed by atoms with Crippen molar-refractivity contribution in [3.8, 4) is 0 Å². The van der Waals surface area contributed by atoms with E-state index in [0.29, 0.717) is 13.0 Å². The Morgan fingerprint density at radius 2 is 2.39 bits per heavy atom. The molecule has 1 fully saturated rings. The van der Waals surface area contributed by atoms with Gasteiger partial charge >= 0.3 is 5.97 Å². The molecule has 1 aromatic heterocycles. The Morgan fingerprint density at radius 3 is 2.94 bits per heavy atom. The van der Waals surface area contributed by atoms with Gasteiger partial charge in [-0.05, 0) is 6.92 Å². The molecule has 1 aromatic rings. The number of aryl methyl sites for hydroxylation is 1. The molecule has 1 saturated heterocycles. The zero-order valence-corrected chi connectivity index (χ0v) is 11.7. The number of methoxy groups -OCH3 is 2. The molecule has 6 heteroatoms. The summed E-state index contributed by atoms with van der Waals surface area (Å²) in [7, 11) is 3.10. The molecule has 1 aliphatic rings. The topological polar surface area (TPSA) is 51.7 Å². The predicted molar refractivity (Wildman–Crippen MR) is 68.5 cm³/mol. The smallest absolute Gasteiger partial charge is 0.323 e. The number of carbonyl (C=O) groups is 1. The highest BCUT2D eigenvalue weighted by Crippen LogP contribution is 2.23. The maximum atomic E-state index is 11.7. The quantitative estimate of drug-likeness (QED) is 0.770. The van der Waals surface area contributed by atoms with E-state index in [-0.39, 0.29) is 18.1 Å². The van der Waals surface area contributed by atoms with Crippen LogP contribution in [0.4, 0.5) is 0 Å². The van der Waals surface area contributed by atoms with E-state index in [0.717, 1.165) is 17.2 Å². The second kappa shape index (κ2) is 5.77. The summed E-state index contributed by atoms with van der Waals surface area (Å²) >= 11 is 1.62. The summed E-state index contributed by atoms with van der Waals surface area (Å²) in [6.07, 6.45) is 0.778. The standard InChI is InChI=1S/C12H18N2O3S/c1-8-13-9(7-18-8)5-14-6-10(16-2)4-11(14)12(15)17-3/h7,10-11H,4-6H2,1-3H3/t10-,11-/m0/s1. The molecule has 0 aliphatic carbocycles. The highest BCUT2D eigenvalue weighted by molar-refractivity contribution is 7.09. The fourth-order valence-electron chi connectivity index (χ4n) is 2.28. The number of aromatic nitrogens is 1. The van der Waals surface area contributed by atoms with Gasteiger partial charge in [0.2, 0.25) is 0 Å². The highest BCUT2D eigenvalue weighted by Gasteiger charge is 2.37. The average molecular weight is 270 g/mol. The molecule has 0 aromatic carbocycles. The Balaban J connectivity index is 2.06. The lowest BCUT2D eigenvalue weighted by molar-refractivity contribution is -0.146. The van der Waals surface area contributed by atoms with Gasteiger partial charge < -0.3 is 9.47 Å². The molecule has 100 valence electrons. The van der Waals surface area contributed by atoms with Crippen LogP contribution in [0.1, 0.15) is 17.1 Å². The molecule has 5 nitrogen and oxygen atoms in total. The molecule has 0 unspecified atom stereocenters. The van der Waals surface area contributed by atoms with Crippen molar-refractivity contribution in [3.63, 3.8) is 0 Å². The second-order valence-corrected chi connectivity index (χ2v) is 5.48. The zero-order valence-electron chi connectivity index (χ0n) is 10.9. The van der Waals surface area contributed by atoms with Crippen LogP contribution < -0.4 is 0 Å². The van der Waals surface area contributed by atoms with Crippen LogP contribution in [0, 0.1) is 6.92 Å². The minimum atomic E-state index is -0.220. The van der Waals surface area contributed by atoms with Crippen LogP contribution in [-0.2, 0) is 20.8 Å². The summed E-state index contributed by atoms with van der Waals surface area (Å²) in [5.74, 6) is -0.193. The first-order valence-corrected chi connectivity index (χ1v) is 6.77. The molecule has 2 heterocycles. The number of likely N-dealkylation sites (tertiary alicyclic amines) is 1. The molecule has 0 spiro atoms. The molecule has 18 heavy (non-hydrogen) atoms. The van der Waals surface area contributed by atoms with E-state index in [4.69, 9.17) is 9.47 Å². The number of ether oxygens (including phenoxy) is 2. The molecule has 2 atom stereocenters. The van der Waals surface area contributed by atoms with Gasteiger partial charge in [-0.1, -0.05) is 0 Å². The van der Waals surface area contributed by atoms with Gasteiger partial charge in [-0.15, -0.1) is 11.3 Å². The number of hydrogen-bond acceptors (Lipinski definition) is 6.